The molecule has 0 spiro atoms. The summed E-state index contributed by atoms with van der Waals surface area (Å²) in [4.78, 5) is 12.7. The van der Waals surface area contributed by atoms with Crippen LogP contribution >= 0.6 is 11.8 Å². The summed E-state index contributed by atoms with van der Waals surface area (Å²) >= 11 is 1.60. The molecule has 0 saturated carbocycles. The van der Waals surface area contributed by atoms with E-state index in [2.05, 4.69) is 23.6 Å². The molecule has 1 atom stereocenters. The topological polar surface area (TPSA) is 55.1 Å². The van der Waals surface area contributed by atoms with E-state index in [9.17, 15) is 4.79 Å². The molecule has 3 nitrogen and oxygen atoms in total. The Morgan fingerprint density at radius 3 is 2.94 bits per heavy atom. The minimum absolute atomic E-state index is 0.0977. The first-order chi connectivity index (χ1) is 8.24. The average molecular weight is 250 g/mol. The van der Waals surface area contributed by atoms with Crippen LogP contribution in [0.4, 0.5) is 0 Å². The lowest BCUT2D eigenvalue weighted by Crippen LogP contribution is -2.37. The molecule has 4 heteroatoms. The molecule has 0 heterocycles. The fourth-order valence-electron chi connectivity index (χ4n) is 2.20. The Kier molecular flexibility index (Phi) is 4.07. The zero-order valence-corrected chi connectivity index (χ0v) is 10.8. The summed E-state index contributed by atoms with van der Waals surface area (Å²) in [6.07, 6.45) is 4.40. The van der Waals surface area contributed by atoms with Crippen molar-refractivity contribution in [3.63, 3.8) is 0 Å². The van der Waals surface area contributed by atoms with Crippen molar-refractivity contribution in [3.05, 3.63) is 29.3 Å². The summed E-state index contributed by atoms with van der Waals surface area (Å²) in [5.41, 5.74) is 5.13. The molecule has 1 aromatic carbocycles. The van der Waals surface area contributed by atoms with Crippen LogP contribution in [0.2, 0.25) is 0 Å². The monoisotopic (exact) mass is 250 g/mol. The second kappa shape index (κ2) is 5.56. The van der Waals surface area contributed by atoms with Crippen LogP contribution in [0, 0.1) is 0 Å². The van der Waals surface area contributed by atoms with Gasteiger partial charge >= 0.3 is 0 Å². The lowest BCUT2D eigenvalue weighted by Gasteiger charge is -2.13. The fourth-order valence-corrected chi connectivity index (χ4v) is 3.23. The number of rotatable bonds is 4. The summed E-state index contributed by atoms with van der Waals surface area (Å²) in [6.45, 7) is 2.00. The number of hydrazine groups is 1. The molecule has 0 aliphatic heterocycles. The van der Waals surface area contributed by atoms with E-state index in [1.54, 1.807) is 11.8 Å². The van der Waals surface area contributed by atoms with Crippen LogP contribution in [0.15, 0.2) is 23.1 Å². The third-order valence-electron chi connectivity index (χ3n) is 3.15. The molecule has 3 N–H and O–H groups in total. The normalized spacial score (nSPS) is 15.4. The van der Waals surface area contributed by atoms with Gasteiger partial charge in [-0.05, 0) is 48.9 Å². The molecular formula is C13H18N2OS. The molecule has 0 radical (unpaired) electrons. The summed E-state index contributed by atoms with van der Waals surface area (Å²) in [5, 5.41) is -0.0977. The van der Waals surface area contributed by atoms with Crippen LogP contribution < -0.4 is 11.3 Å². The smallest absolute Gasteiger partial charge is 0.247 e. The van der Waals surface area contributed by atoms with Crippen molar-refractivity contribution in [2.75, 3.05) is 0 Å². The minimum Gasteiger partial charge on any atom is -0.293 e. The van der Waals surface area contributed by atoms with Crippen molar-refractivity contribution in [1.29, 1.82) is 0 Å². The van der Waals surface area contributed by atoms with Crippen molar-refractivity contribution in [2.45, 2.75) is 42.8 Å². The van der Waals surface area contributed by atoms with Crippen molar-refractivity contribution in [3.8, 4) is 0 Å². The van der Waals surface area contributed by atoms with Gasteiger partial charge in [-0.1, -0.05) is 13.0 Å². The molecule has 1 unspecified atom stereocenters. The van der Waals surface area contributed by atoms with Crippen LogP contribution in [0.1, 0.15) is 30.9 Å². The fraction of sp³-hybridized carbons (Fsp3) is 0.462. The van der Waals surface area contributed by atoms with Crippen molar-refractivity contribution in [2.24, 2.45) is 5.84 Å². The van der Waals surface area contributed by atoms with Gasteiger partial charge in [0.2, 0.25) is 5.91 Å². The number of carbonyl (C=O) groups is 1. The van der Waals surface area contributed by atoms with E-state index in [0.29, 0.717) is 0 Å². The summed E-state index contributed by atoms with van der Waals surface area (Å²) in [6, 6.07) is 6.53. The molecule has 17 heavy (non-hydrogen) atoms. The van der Waals surface area contributed by atoms with Crippen LogP contribution in [-0.2, 0) is 17.6 Å². The van der Waals surface area contributed by atoms with Gasteiger partial charge in [0.1, 0.15) is 0 Å². The highest BCUT2D eigenvalue weighted by Crippen LogP contribution is 2.30. The molecule has 1 aliphatic carbocycles. The largest absolute Gasteiger partial charge is 0.293 e. The zero-order chi connectivity index (χ0) is 12.3. The lowest BCUT2D eigenvalue weighted by atomic mass is 10.1. The molecule has 1 aromatic rings. The molecule has 0 saturated heterocycles. The predicted molar refractivity (Wildman–Crippen MR) is 70.7 cm³/mol. The molecule has 0 aromatic heterocycles. The van der Waals surface area contributed by atoms with E-state index in [1.807, 2.05) is 6.92 Å². The molecule has 0 bridgehead atoms. The lowest BCUT2D eigenvalue weighted by molar-refractivity contribution is -0.120. The van der Waals surface area contributed by atoms with E-state index in [4.69, 9.17) is 5.84 Å². The first-order valence-electron chi connectivity index (χ1n) is 6.03. The van der Waals surface area contributed by atoms with Crippen LogP contribution in [0.5, 0.6) is 0 Å². The van der Waals surface area contributed by atoms with E-state index >= 15 is 0 Å². The Morgan fingerprint density at radius 2 is 2.24 bits per heavy atom. The Hall–Kier alpha value is -1.00. The zero-order valence-electron chi connectivity index (χ0n) is 10.0. The average Bonchev–Trinajstić information content (AvgIpc) is 2.82. The van der Waals surface area contributed by atoms with Gasteiger partial charge < -0.3 is 0 Å². The highest BCUT2D eigenvalue weighted by molar-refractivity contribution is 8.00. The molecule has 1 amide bonds. The van der Waals surface area contributed by atoms with Gasteiger partial charge in [0.25, 0.3) is 0 Å². The van der Waals surface area contributed by atoms with E-state index in [1.165, 1.54) is 35.3 Å². The van der Waals surface area contributed by atoms with E-state index in [-0.39, 0.29) is 11.2 Å². The number of hydrogen-bond acceptors (Lipinski definition) is 3. The predicted octanol–water partition coefficient (Wildman–Crippen LogP) is 2.04. The first-order valence-corrected chi connectivity index (χ1v) is 6.91. The van der Waals surface area contributed by atoms with Crippen LogP contribution in [0.25, 0.3) is 0 Å². The third-order valence-corrected chi connectivity index (χ3v) is 4.51. The molecular weight excluding hydrogens is 232 g/mol. The Bertz CT molecular complexity index is 420. The highest BCUT2D eigenvalue weighted by atomic mass is 32.2. The number of nitrogens with two attached hydrogens (primary N) is 1. The van der Waals surface area contributed by atoms with Gasteiger partial charge in [0, 0.05) is 4.90 Å². The van der Waals surface area contributed by atoms with E-state index < -0.39 is 0 Å². The number of nitrogens with one attached hydrogen (secondary N) is 1. The number of amides is 1. The van der Waals surface area contributed by atoms with Crippen LogP contribution in [0.3, 0.4) is 0 Å². The first kappa shape index (κ1) is 12.5. The second-order valence-corrected chi connectivity index (χ2v) is 5.58. The number of hydrogen-bond donors (Lipinski definition) is 2. The minimum atomic E-state index is -0.0991. The Balaban J connectivity index is 2.10. The number of aryl methyl sites for hydroxylation is 2. The van der Waals surface area contributed by atoms with Crippen molar-refractivity contribution in [1.82, 2.24) is 5.43 Å². The summed E-state index contributed by atoms with van der Waals surface area (Å²) < 4.78 is 0. The number of carbonyl (C=O) groups excluding carboxylic acids is 1. The van der Waals surface area contributed by atoms with Crippen molar-refractivity contribution < 1.29 is 4.79 Å². The maximum absolute atomic E-state index is 11.5. The van der Waals surface area contributed by atoms with Gasteiger partial charge in [-0.25, -0.2) is 5.84 Å². The standard InChI is InChI=1S/C13H18N2OS/c1-2-12(13(16)15-14)17-11-7-6-9-4-3-5-10(9)8-11/h6-8,12H,2-5,14H2,1H3,(H,15,16). The maximum Gasteiger partial charge on any atom is 0.247 e. The number of benzene rings is 1. The van der Waals surface area contributed by atoms with Gasteiger partial charge in [-0.15, -0.1) is 11.8 Å². The third kappa shape index (κ3) is 2.82. The Labute approximate surface area is 106 Å². The maximum atomic E-state index is 11.5. The quantitative estimate of drug-likeness (QED) is 0.372. The van der Waals surface area contributed by atoms with Gasteiger partial charge in [0.05, 0.1) is 5.25 Å². The number of thioether (sulfide) groups is 1. The summed E-state index contributed by atoms with van der Waals surface area (Å²) in [5.74, 6) is 5.08. The Morgan fingerprint density at radius 1 is 1.47 bits per heavy atom. The molecule has 1 aliphatic rings. The summed E-state index contributed by atoms with van der Waals surface area (Å²) in [7, 11) is 0. The molecule has 0 fully saturated rings. The number of fused-ring (bicyclic) bond motifs is 1. The van der Waals surface area contributed by atoms with Gasteiger partial charge in [0.15, 0.2) is 0 Å². The second-order valence-electron chi connectivity index (χ2n) is 4.31. The van der Waals surface area contributed by atoms with E-state index in [0.717, 1.165) is 6.42 Å². The van der Waals surface area contributed by atoms with Gasteiger partial charge in [-0.3, -0.25) is 10.2 Å². The molecule has 2 rings (SSSR count). The van der Waals surface area contributed by atoms with Gasteiger partial charge in [-0.2, -0.15) is 0 Å². The molecule has 92 valence electrons. The highest BCUT2D eigenvalue weighted by Gasteiger charge is 2.18. The van der Waals surface area contributed by atoms with Crippen LogP contribution in [-0.4, -0.2) is 11.2 Å². The SMILES string of the molecule is CCC(Sc1ccc2c(c1)CCC2)C(=O)NN. The van der Waals surface area contributed by atoms with Crippen molar-refractivity contribution >= 4 is 17.7 Å².